The maximum atomic E-state index is 11.6. The maximum absolute atomic E-state index is 11.6. The minimum atomic E-state index is -1.11. The van der Waals surface area contributed by atoms with Gasteiger partial charge in [-0.25, -0.2) is 0 Å². The van der Waals surface area contributed by atoms with Crippen LogP contribution in [0.1, 0.15) is 52.9 Å². The highest BCUT2D eigenvalue weighted by Crippen LogP contribution is 2.29. The molecule has 0 aromatic rings. The van der Waals surface area contributed by atoms with Gasteiger partial charge in [0.25, 0.3) is 0 Å². The van der Waals surface area contributed by atoms with E-state index in [2.05, 4.69) is 46.1 Å². The zero-order chi connectivity index (χ0) is 15.8. The van der Waals surface area contributed by atoms with Gasteiger partial charge in [-0.3, -0.25) is 4.79 Å². The molecule has 0 bridgehead atoms. The van der Waals surface area contributed by atoms with Gasteiger partial charge in [0.15, 0.2) is 0 Å². The van der Waals surface area contributed by atoms with E-state index >= 15 is 0 Å². The Morgan fingerprint density at radius 1 is 1.20 bits per heavy atom. The third kappa shape index (κ3) is 10.2. The summed E-state index contributed by atoms with van der Waals surface area (Å²) in [5.41, 5.74) is 2.73. The van der Waals surface area contributed by atoms with Crippen molar-refractivity contribution in [1.82, 2.24) is 0 Å². The summed E-state index contributed by atoms with van der Waals surface area (Å²) < 4.78 is 0. The summed E-state index contributed by atoms with van der Waals surface area (Å²) in [4.78, 5) is 11.6. The number of hydrogen-bond acceptors (Lipinski definition) is 1. The van der Waals surface area contributed by atoms with Crippen molar-refractivity contribution in [3.63, 3.8) is 0 Å². The summed E-state index contributed by atoms with van der Waals surface area (Å²) in [6.07, 6.45) is 6.85. The van der Waals surface area contributed by atoms with Gasteiger partial charge < -0.3 is 0 Å². The second-order valence-electron chi connectivity index (χ2n) is 7.37. The molecule has 0 amide bonds. The highest BCUT2D eigenvalue weighted by molar-refractivity contribution is 6.76. The summed E-state index contributed by atoms with van der Waals surface area (Å²) in [6, 6.07) is 1.26. The van der Waals surface area contributed by atoms with Crippen LogP contribution in [0.3, 0.4) is 0 Å². The average molecular weight is 295 g/mol. The van der Waals surface area contributed by atoms with Crippen molar-refractivity contribution in [1.29, 1.82) is 0 Å². The van der Waals surface area contributed by atoms with Gasteiger partial charge in [-0.15, -0.1) is 0 Å². The molecule has 0 aromatic heterocycles. The van der Waals surface area contributed by atoms with E-state index in [0.29, 0.717) is 18.1 Å². The summed E-state index contributed by atoms with van der Waals surface area (Å²) in [7, 11) is -1.11. The molecule has 0 N–H and O–H groups in total. The third-order valence-corrected chi connectivity index (χ3v) is 5.34. The van der Waals surface area contributed by atoms with Crippen molar-refractivity contribution in [3.05, 3.63) is 23.8 Å². The lowest BCUT2D eigenvalue weighted by atomic mass is 9.92. The molecule has 0 saturated heterocycles. The molecule has 1 nitrogen and oxygen atoms in total. The predicted octanol–water partition coefficient (Wildman–Crippen LogP) is 6.00. The Hall–Kier alpha value is -0.633. The fourth-order valence-electron chi connectivity index (χ4n) is 2.45. The van der Waals surface area contributed by atoms with E-state index < -0.39 is 8.07 Å². The van der Waals surface area contributed by atoms with Gasteiger partial charge in [-0.05, 0) is 39.0 Å². The molecule has 0 aromatic carbocycles. The van der Waals surface area contributed by atoms with Crippen LogP contribution >= 0.6 is 0 Å². The van der Waals surface area contributed by atoms with Crippen molar-refractivity contribution in [2.75, 3.05) is 0 Å². The zero-order valence-electron chi connectivity index (χ0n) is 14.5. The molecule has 0 heterocycles. The van der Waals surface area contributed by atoms with Crippen LogP contribution in [0, 0.1) is 5.92 Å². The Bertz CT molecular complexity index is 343. The molecule has 0 aliphatic carbocycles. The molecule has 1 unspecified atom stereocenters. The molecule has 0 radical (unpaired) electrons. The first kappa shape index (κ1) is 19.4. The Balaban J connectivity index is 4.53. The normalized spacial score (nSPS) is 12.9. The van der Waals surface area contributed by atoms with Crippen molar-refractivity contribution < 1.29 is 4.79 Å². The molecule has 0 fully saturated rings. The first-order valence-electron chi connectivity index (χ1n) is 7.98. The van der Waals surface area contributed by atoms with Gasteiger partial charge >= 0.3 is 0 Å². The van der Waals surface area contributed by atoms with Crippen LogP contribution in [-0.4, -0.2) is 13.9 Å². The van der Waals surface area contributed by atoms with Gasteiger partial charge in [0.05, 0.1) is 0 Å². The van der Waals surface area contributed by atoms with Gasteiger partial charge in [0.1, 0.15) is 5.78 Å². The van der Waals surface area contributed by atoms with Crippen molar-refractivity contribution in [2.45, 2.75) is 78.6 Å². The van der Waals surface area contributed by atoms with Crippen LogP contribution in [0.5, 0.6) is 0 Å². The number of hydrogen-bond donors (Lipinski definition) is 0. The van der Waals surface area contributed by atoms with E-state index in [1.165, 1.54) is 17.2 Å². The van der Waals surface area contributed by atoms with Crippen LogP contribution in [0.4, 0.5) is 0 Å². The number of carbonyl (C=O) groups is 1. The van der Waals surface area contributed by atoms with Crippen LogP contribution in [-0.2, 0) is 4.79 Å². The minimum Gasteiger partial charge on any atom is -0.300 e. The SMILES string of the molecule is C=C(CCC=C(C)C)C(CCC(=O)CC)C[Si](C)(C)C. The van der Waals surface area contributed by atoms with Crippen LogP contribution < -0.4 is 0 Å². The quantitative estimate of drug-likeness (QED) is 0.356. The molecule has 0 aliphatic heterocycles. The Morgan fingerprint density at radius 2 is 1.80 bits per heavy atom. The molecule has 0 aliphatic rings. The zero-order valence-corrected chi connectivity index (χ0v) is 15.5. The van der Waals surface area contributed by atoms with Gasteiger partial charge in [0, 0.05) is 20.9 Å². The van der Waals surface area contributed by atoms with Gasteiger partial charge in [-0.1, -0.05) is 56.4 Å². The van der Waals surface area contributed by atoms with Gasteiger partial charge in [-0.2, -0.15) is 0 Å². The number of ketones is 1. The Morgan fingerprint density at radius 3 is 2.25 bits per heavy atom. The summed E-state index contributed by atoms with van der Waals surface area (Å²) >= 11 is 0. The predicted molar refractivity (Wildman–Crippen MR) is 94.0 cm³/mol. The maximum Gasteiger partial charge on any atom is 0.132 e. The lowest BCUT2D eigenvalue weighted by molar-refractivity contribution is -0.118. The molecular weight excluding hydrogens is 260 g/mol. The van der Waals surface area contributed by atoms with Crippen molar-refractivity contribution in [2.24, 2.45) is 5.92 Å². The van der Waals surface area contributed by atoms with Crippen LogP contribution in [0.15, 0.2) is 23.8 Å². The van der Waals surface area contributed by atoms with E-state index in [1.54, 1.807) is 0 Å². The van der Waals surface area contributed by atoms with Gasteiger partial charge in [0.2, 0.25) is 0 Å². The van der Waals surface area contributed by atoms with Crippen LogP contribution in [0.2, 0.25) is 25.7 Å². The second-order valence-corrected chi connectivity index (χ2v) is 12.9. The fraction of sp³-hybridized carbons (Fsp3) is 0.722. The molecule has 116 valence electrons. The fourth-order valence-corrected chi connectivity index (χ4v) is 4.42. The molecule has 0 rings (SSSR count). The lowest BCUT2D eigenvalue weighted by Gasteiger charge is -2.26. The largest absolute Gasteiger partial charge is 0.300 e. The number of rotatable bonds is 10. The number of allylic oxidation sites excluding steroid dienone is 3. The minimum absolute atomic E-state index is 0.391. The Labute approximate surface area is 127 Å². The molecule has 1 atom stereocenters. The van der Waals surface area contributed by atoms with E-state index in [9.17, 15) is 4.79 Å². The Kier molecular flexibility index (Phi) is 9.03. The standard InChI is InChI=1S/C18H34OSi/c1-8-18(19)13-12-17(14-20(5,6)7)16(4)11-9-10-15(2)3/h10,17H,4,8-9,11-14H2,1-3,5-7H3. The van der Waals surface area contributed by atoms with E-state index in [1.807, 2.05) is 6.92 Å². The number of carbonyl (C=O) groups excluding carboxylic acids is 1. The average Bonchev–Trinajstić information content (AvgIpc) is 2.31. The van der Waals surface area contributed by atoms with E-state index in [0.717, 1.165) is 25.7 Å². The van der Waals surface area contributed by atoms with Crippen molar-refractivity contribution in [3.8, 4) is 0 Å². The molecule has 2 heteroatoms. The second kappa shape index (κ2) is 9.33. The monoisotopic (exact) mass is 294 g/mol. The first-order chi connectivity index (χ1) is 9.15. The van der Waals surface area contributed by atoms with E-state index in [-0.39, 0.29) is 0 Å². The lowest BCUT2D eigenvalue weighted by Crippen LogP contribution is -2.25. The molecule has 20 heavy (non-hydrogen) atoms. The smallest absolute Gasteiger partial charge is 0.132 e. The summed E-state index contributed by atoms with van der Waals surface area (Å²) in [5.74, 6) is 0.936. The molecule has 0 spiro atoms. The third-order valence-electron chi connectivity index (χ3n) is 3.62. The highest BCUT2D eigenvalue weighted by Gasteiger charge is 2.22. The molecule has 0 saturated carbocycles. The number of Topliss-reactive ketones (excluding diaryl/α,β-unsaturated/α-hetero) is 1. The molecular formula is C18H34OSi. The summed E-state index contributed by atoms with van der Waals surface area (Å²) in [5, 5.41) is 0. The first-order valence-corrected chi connectivity index (χ1v) is 11.7. The van der Waals surface area contributed by atoms with E-state index in [4.69, 9.17) is 0 Å². The van der Waals surface area contributed by atoms with Crippen LogP contribution in [0.25, 0.3) is 0 Å². The topological polar surface area (TPSA) is 17.1 Å². The summed E-state index contributed by atoms with van der Waals surface area (Å²) in [6.45, 7) is 17.8. The highest BCUT2D eigenvalue weighted by atomic mass is 28.3. The van der Waals surface area contributed by atoms with Crippen molar-refractivity contribution >= 4 is 13.9 Å².